The van der Waals surface area contributed by atoms with Crippen LogP contribution in [0.5, 0.6) is 0 Å². The van der Waals surface area contributed by atoms with Crippen molar-refractivity contribution in [1.29, 1.82) is 0 Å². The Bertz CT molecular complexity index is 1380. The number of carbonyl (C=O) groups excluding carboxylic acids is 1. The molecule has 1 aliphatic rings. The normalized spacial score (nSPS) is 13.4. The van der Waals surface area contributed by atoms with E-state index in [1.54, 1.807) is 6.92 Å². The van der Waals surface area contributed by atoms with E-state index in [0.29, 0.717) is 19.6 Å². The fourth-order valence-corrected chi connectivity index (χ4v) is 5.36. The third-order valence-corrected chi connectivity index (χ3v) is 7.62. The lowest BCUT2D eigenvalue weighted by Gasteiger charge is -2.30. The average molecular weight is 571 g/mol. The number of aliphatic carboxylic acids is 1. The molecule has 5 rings (SSSR count). The molecule has 1 aliphatic carbocycles. The number of carbonyl (C=O) groups is 2. The molecule has 0 aromatic heterocycles. The molecule has 212 valence electrons. The van der Waals surface area contributed by atoms with Crippen molar-refractivity contribution in [3.05, 3.63) is 131 Å². The number of halogens is 1. The van der Waals surface area contributed by atoms with E-state index in [1.165, 1.54) is 0 Å². The highest BCUT2D eigenvalue weighted by molar-refractivity contribution is 5.85. The molecule has 0 fully saturated rings. The summed E-state index contributed by atoms with van der Waals surface area (Å²) in [5.41, 5.74) is 5.28. The molecule has 0 aliphatic heterocycles. The van der Waals surface area contributed by atoms with Crippen LogP contribution in [-0.2, 0) is 22.6 Å². The van der Waals surface area contributed by atoms with Gasteiger partial charge in [0.15, 0.2) is 0 Å². The van der Waals surface area contributed by atoms with Crippen molar-refractivity contribution in [1.82, 2.24) is 10.2 Å². The molecule has 1 amide bonds. The van der Waals surface area contributed by atoms with E-state index < -0.39 is 17.6 Å². The smallest absolute Gasteiger partial charge is 0.408 e. The van der Waals surface area contributed by atoms with Crippen molar-refractivity contribution < 1.29 is 19.4 Å². The number of hydrogen-bond donors (Lipinski definition) is 2. The van der Waals surface area contributed by atoms with Gasteiger partial charge in [-0.3, -0.25) is 4.90 Å². The Morgan fingerprint density at radius 3 is 1.73 bits per heavy atom. The Kier molecular flexibility index (Phi) is 9.82. The number of carboxylic acid groups (broad SMARTS) is 1. The van der Waals surface area contributed by atoms with Gasteiger partial charge in [0.2, 0.25) is 0 Å². The first-order valence-corrected chi connectivity index (χ1v) is 13.6. The molecular weight excluding hydrogens is 536 g/mol. The molecule has 1 atom stereocenters. The number of hydrogen-bond acceptors (Lipinski definition) is 4. The van der Waals surface area contributed by atoms with Crippen molar-refractivity contribution >= 4 is 24.5 Å². The van der Waals surface area contributed by atoms with Crippen molar-refractivity contribution in [2.24, 2.45) is 0 Å². The van der Waals surface area contributed by atoms with E-state index in [0.717, 1.165) is 33.4 Å². The van der Waals surface area contributed by atoms with Crippen LogP contribution in [0.25, 0.3) is 11.1 Å². The summed E-state index contributed by atoms with van der Waals surface area (Å²) in [6, 6.07) is 36.4. The lowest BCUT2D eigenvalue weighted by atomic mass is 9.97. The van der Waals surface area contributed by atoms with Gasteiger partial charge in [-0.25, -0.2) is 9.59 Å². The maximum absolute atomic E-state index is 13.0. The number of alkyl carbamates (subject to hydrolysis) is 1. The summed E-state index contributed by atoms with van der Waals surface area (Å²) in [5.74, 6) is -1.19. The summed E-state index contributed by atoms with van der Waals surface area (Å²) in [5, 5.41) is 12.8. The standard InChI is InChI=1S/C34H34N2O4.ClH/c1-34(32(37)38,20-21-36(22-25-12-4-2-5-13-25)23-26-14-6-3-7-15-26)35-33(39)40-24-31-29-18-10-8-16-27(29)28-17-9-11-19-30(28)31;/h2-19,31H,20-24H2,1H3,(H,35,39)(H,37,38);1H/t34-;/m1./s1. The van der Waals surface area contributed by atoms with E-state index in [1.807, 2.05) is 60.7 Å². The number of nitrogens with zero attached hydrogens (tertiary/aromatic N) is 1. The molecule has 0 bridgehead atoms. The van der Waals surface area contributed by atoms with E-state index in [-0.39, 0.29) is 31.4 Å². The number of fused-ring (bicyclic) bond motifs is 3. The van der Waals surface area contributed by atoms with Crippen molar-refractivity contribution in [2.45, 2.75) is 37.9 Å². The van der Waals surface area contributed by atoms with Crippen molar-refractivity contribution in [3.8, 4) is 11.1 Å². The van der Waals surface area contributed by atoms with Gasteiger partial charge in [0.25, 0.3) is 0 Å². The molecular formula is C34H35ClN2O4. The molecule has 41 heavy (non-hydrogen) atoms. The van der Waals surface area contributed by atoms with Gasteiger partial charge in [-0.15, -0.1) is 12.4 Å². The second kappa shape index (κ2) is 13.5. The van der Waals surface area contributed by atoms with Gasteiger partial charge in [0, 0.05) is 25.6 Å². The highest BCUT2D eigenvalue weighted by atomic mass is 35.5. The molecule has 4 aromatic carbocycles. The minimum Gasteiger partial charge on any atom is -0.480 e. The van der Waals surface area contributed by atoms with Gasteiger partial charge >= 0.3 is 12.1 Å². The van der Waals surface area contributed by atoms with Crippen LogP contribution in [0.2, 0.25) is 0 Å². The zero-order chi connectivity index (χ0) is 28.0. The predicted molar refractivity (Wildman–Crippen MR) is 163 cm³/mol. The highest BCUT2D eigenvalue weighted by Gasteiger charge is 2.36. The third kappa shape index (κ3) is 7.15. The Morgan fingerprint density at radius 2 is 1.24 bits per heavy atom. The summed E-state index contributed by atoms with van der Waals surface area (Å²) >= 11 is 0. The molecule has 0 unspecified atom stereocenters. The molecule has 7 heteroatoms. The first-order chi connectivity index (χ1) is 19.4. The number of nitrogens with one attached hydrogen (secondary N) is 1. The Balaban J connectivity index is 0.00000387. The predicted octanol–water partition coefficient (Wildman–Crippen LogP) is 6.88. The highest BCUT2D eigenvalue weighted by Crippen LogP contribution is 2.44. The van der Waals surface area contributed by atoms with Gasteiger partial charge < -0.3 is 15.2 Å². The number of benzene rings is 4. The molecule has 6 nitrogen and oxygen atoms in total. The van der Waals surface area contributed by atoms with E-state index in [4.69, 9.17) is 4.74 Å². The number of ether oxygens (including phenoxy) is 1. The van der Waals surface area contributed by atoms with Gasteiger partial charge in [0.1, 0.15) is 12.1 Å². The monoisotopic (exact) mass is 570 g/mol. The molecule has 0 radical (unpaired) electrons. The molecule has 0 saturated heterocycles. The third-order valence-electron chi connectivity index (χ3n) is 7.62. The first-order valence-electron chi connectivity index (χ1n) is 13.6. The summed E-state index contributed by atoms with van der Waals surface area (Å²) in [6.45, 7) is 3.46. The molecule has 0 heterocycles. The summed E-state index contributed by atoms with van der Waals surface area (Å²) in [4.78, 5) is 27.5. The lowest BCUT2D eigenvalue weighted by molar-refractivity contribution is -0.144. The molecule has 2 N–H and O–H groups in total. The van der Waals surface area contributed by atoms with E-state index >= 15 is 0 Å². The molecule has 4 aromatic rings. The average Bonchev–Trinajstić information content (AvgIpc) is 3.29. The zero-order valence-corrected chi connectivity index (χ0v) is 23.8. The van der Waals surface area contributed by atoms with Crippen LogP contribution >= 0.6 is 12.4 Å². The summed E-state index contributed by atoms with van der Waals surface area (Å²) in [6.07, 6.45) is -0.518. The van der Waals surface area contributed by atoms with Crippen LogP contribution in [0.15, 0.2) is 109 Å². The quantitative estimate of drug-likeness (QED) is 0.205. The topological polar surface area (TPSA) is 78.9 Å². The number of rotatable bonds is 11. The van der Waals surface area contributed by atoms with Crippen LogP contribution in [0, 0.1) is 0 Å². The van der Waals surface area contributed by atoms with Gasteiger partial charge in [-0.1, -0.05) is 109 Å². The SMILES string of the molecule is C[C@](CCN(Cc1ccccc1)Cc1ccccc1)(NC(=O)OCC1c2ccccc2-c2ccccc21)C(=O)O.Cl. The van der Waals surface area contributed by atoms with Crippen molar-refractivity contribution in [2.75, 3.05) is 13.2 Å². The first kappa shape index (κ1) is 29.8. The Labute approximate surface area is 247 Å². The van der Waals surface area contributed by atoms with Gasteiger partial charge in [0.05, 0.1) is 0 Å². The summed E-state index contributed by atoms with van der Waals surface area (Å²) in [7, 11) is 0. The maximum Gasteiger partial charge on any atom is 0.408 e. The van der Waals surface area contributed by atoms with Gasteiger partial charge in [-0.2, -0.15) is 0 Å². The largest absolute Gasteiger partial charge is 0.480 e. The minimum atomic E-state index is -1.49. The lowest BCUT2D eigenvalue weighted by Crippen LogP contribution is -2.54. The fraction of sp³-hybridized carbons (Fsp3) is 0.235. The van der Waals surface area contributed by atoms with Crippen LogP contribution in [0.1, 0.15) is 41.5 Å². The summed E-state index contributed by atoms with van der Waals surface area (Å²) < 4.78 is 5.66. The second-order valence-electron chi connectivity index (χ2n) is 10.5. The van der Waals surface area contributed by atoms with E-state index in [9.17, 15) is 14.7 Å². The Hall–Kier alpha value is -4.13. The van der Waals surface area contributed by atoms with Crippen molar-refractivity contribution in [3.63, 3.8) is 0 Å². The maximum atomic E-state index is 13.0. The number of amides is 1. The van der Waals surface area contributed by atoms with Crippen LogP contribution < -0.4 is 5.32 Å². The molecule has 0 spiro atoms. The van der Waals surface area contributed by atoms with Gasteiger partial charge in [-0.05, 0) is 46.7 Å². The number of carboxylic acids is 1. The fourth-order valence-electron chi connectivity index (χ4n) is 5.36. The van der Waals surface area contributed by atoms with Crippen LogP contribution in [0.3, 0.4) is 0 Å². The Morgan fingerprint density at radius 1 is 0.780 bits per heavy atom. The van der Waals surface area contributed by atoms with Crippen LogP contribution in [-0.4, -0.2) is 40.8 Å². The van der Waals surface area contributed by atoms with E-state index in [2.05, 4.69) is 58.7 Å². The second-order valence-corrected chi connectivity index (χ2v) is 10.5. The minimum absolute atomic E-state index is 0. The zero-order valence-electron chi connectivity index (χ0n) is 23.0. The van der Waals surface area contributed by atoms with Crippen LogP contribution in [0.4, 0.5) is 4.79 Å². The molecule has 0 saturated carbocycles.